The molecule has 0 bridgehead atoms. The van der Waals surface area contributed by atoms with Crippen molar-refractivity contribution in [1.82, 2.24) is 5.32 Å². The van der Waals surface area contributed by atoms with Gasteiger partial charge in [-0.05, 0) is 34.5 Å². The predicted molar refractivity (Wildman–Crippen MR) is 89.5 cm³/mol. The van der Waals surface area contributed by atoms with Gasteiger partial charge < -0.3 is 19.7 Å². The summed E-state index contributed by atoms with van der Waals surface area (Å²) in [6.07, 6.45) is 0.655. The Morgan fingerprint density at radius 2 is 2.17 bits per heavy atom. The van der Waals surface area contributed by atoms with E-state index < -0.39 is 0 Å². The fourth-order valence-corrected chi connectivity index (χ4v) is 3.63. The fraction of sp³-hybridized carbons (Fsp3) is 0.294. The molecule has 0 spiro atoms. The second-order valence-corrected chi connectivity index (χ2v) is 6.60. The van der Waals surface area contributed by atoms with Crippen molar-refractivity contribution >= 4 is 28.8 Å². The van der Waals surface area contributed by atoms with Gasteiger partial charge in [0.05, 0.1) is 12.5 Å². The molecule has 1 fully saturated rings. The molecular weight excluding hydrogens is 328 g/mol. The number of carbonyl (C=O) groups excluding carboxylic acids is 2. The van der Waals surface area contributed by atoms with Crippen molar-refractivity contribution < 1.29 is 19.1 Å². The summed E-state index contributed by atoms with van der Waals surface area (Å²) in [5.41, 5.74) is 1.76. The van der Waals surface area contributed by atoms with Crippen LogP contribution in [0, 0.1) is 0 Å². The number of fused-ring (bicyclic) bond motifs is 1. The molecule has 6 nitrogen and oxygen atoms in total. The van der Waals surface area contributed by atoms with Crippen molar-refractivity contribution in [3.63, 3.8) is 0 Å². The van der Waals surface area contributed by atoms with Gasteiger partial charge in [0.1, 0.15) is 0 Å². The molecule has 24 heavy (non-hydrogen) atoms. The van der Waals surface area contributed by atoms with Crippen molar-refractivity contribution in [2.45, 2.75) is 18.9 Å². The van der Waals surface area contributed by atoms with Crippen LogP contribution in [-0.4, -0.2) is 31.2 Å². The van der Waals surface area contributed by atoms with Crippen molar-refractivity contribution in [2.24, 2.45) is 0 Å². The predicted octanol–water partition coefficient (Wildman–Crippen LogP) is 1.94. The highest BCUT2D eigenvalue weighted by atomic mass is 32.1. The molecule has 4 rings (SSSR count). The second-order valence-electron chi connectivity index (χ2n) is 5.82. The standard InChI is InChI=1S/C17H16N2O4S/c20-16(5-11-3-4-24-9-11)18-12-6-17(21)19(8-12)13-1-2-14-15(7-13)23-10-22-14/h1-4,7,9,12H,5-6,8,10H2,(H,18,20). The Hall–Kier alpha value is -2.54. The van der Waals surface area contributed by atoms with Gasteiger partial charge in [0, 0.05) is 24.7 Å². The first-order valence-electron chi connectivity index (χ1n) is 7.69. The number of ether oxygens (including phenoxy) is 2. The zero-order valence-electron chi connectivity index (χ0n) is 12.9. The van der Waals surface area contributed by atoms with E-state index in [-0.39, 0.29) is 24.6 Å². The van der Waals surface area contributed by atoms with E-state index in [0.717, 1.165) is 11.3 Å². The third-order valence-corrected chi connectivity index (χ3v) is 4.83. The number of rotatable bonds is 4. The summed E-state index contributed by atoms with van der Waals surface area (Å²) in [4.78, 5) is 26.1. The van der Waals surface area contributed by atoms with Crippen LogP contribution in [0.1, 0.15) is 12.0 Å². The summed E-state index contributed by atoms with van der Waals surface area (Å²) >= 11 is 1.57. The summed E-state index contributed by atoms with van der Waals surface area (Å²) in [6, 6.07) is 7.20. The summed E-state index contributed by atoms with van der Waals surface area (Å²) in [6.45, 7) is 0.669. The minimum Gasteiger partial charge on any atom is -0.454 e. The SMILES string of the molecule is O=C(Cc1ccsc1)NC1CC(=O)N(c2ccc3c(c2)OCO3)C1. The second kappa shape index (κ2) is 6.16. The van der Waals surface area contributed by atoms with Gasteiger partial charge in [-0.15, -0.1) is 0 Å². The third kappa shape index (κ3) is 2.94. The molecule has 2 aliphatic rings. The van der Waals surface area contributed by atoms with Crippen LogP contribution in [0.3, 0.4) is 0 Å². The van der Waals surface area contributed by atoms with E-state index in [0.29, 0.717) is 30.9 Å². The first-order valence-corrected chi connectivity index (χ1v) is 8.64. The number of nitrogens with one attached hydrogen (secondary N) is 1. The van der Waals surface area contributed by atoms with Crippen LogP contribution in [0.15, 0.2) is 35.0 Å². The minimum atomic E-state index is -0.172. The molecule has 1 aromatic carbocycles. The molecule has 7 heteroatoms. The normalized spacial score (nSPS) is 18.9. The number of benzene rings is 1. The lowest BCUT2D eigenvalue weighted by Crippen LogP contribution is -2.37. The van der Waals surface area contributed by atoms with Gasteiger partial charge in [-0.25, -0.2) is 0 Å². The summed E-state index contributed by atoms with van der Waals surface area (Å²) < 4.78 is 10.6. The van der Waals surface area contributed by atoms with Crippen LogP contribution in [0.5, 0.6) is 11.5 Å². The lowest BCUT2D eigenvalue weighted by atomic mass is 10.2. The third-order valence-electron chi connectivity index (χ3n) is 4.10. The van der Waals surface area contributed by atoms with Crippen LogP contribution in [0.25, 0.3) is 0 Å². The van der Waals surface area contributed by atoms with E-state index in [1.807, 2.05) is 22.9 Å². The largest absolute Gasteiger partial charge is 0.454 e. The van der Waals surface area contributed by atoms with E-state index in [2.05, 4.69) is 5.32 Å². The molecule has 2 amide bonds. The lowest BCUT2D eigenvalue weighted by Gasteiger charge is -2.17. The molecule has 3 heterocycles. The molecule has 0 saturated carbocycles. The van der Waals surface area contributed by atoms with Gasteiger partial charge in [0.25, 0.3) is 0 Å². The van der Waals surface area contributed by atoms with Crippen LogP contribution in [-0.2, 0) is 16.0 Å². The van der Waals surface area contributed by atoms with Gasteiger partial charge in [-0.1, -0.05) is 0 Å². The van der Waals surface area contributed by atoms with E-state index in [9.17, 15) is 9.59 Å². The van der Waals surface area contributed by atoms with Gasteiger partial charge in [0.15, 0.2) is 11.5 Å². The first kappa shape index (κ1) is 15.0. The number of nitrogens with zero attached hydrogens (tertiary/aromatic N) is 1. The van der Waals surface area contributed by atoms with E-state index in [4.69, 9.17) is 9.47 Å². The molecule has 124 valence electrons. The molecule has 1 N–H and O–H groups in total. The van der Waals surface area contributed by atoms with Crippen LogP contribution < -0.4 is 19.7 Å². The zero-order chi connectivity index (χ0) is 16.5. The first-order chi connectivity index (χ1) is 11.7. The number of amides is 2. The number of hydrogen-bond acceptors (Lipinski definition) is 5. The number of carbonyl (C=O) groups is 2. The lowest BCUT2D eigenvalue weighted by molar-refractivity contribution is -0.121. The quantitative estimate of drug-likeness (QED) is 0.920. The topological polar surface area (TPSA) is 67.9 Å². The van der Waals surface area contributed by atoms with Crippen LogP contribution in [0.2, 0.25) is 0 Å². The highest BCUT2D eigenvalue weighted by Crippen LogP contribution is 2.36. The van der Waals surface area contributed by atoms with Crippen LogP contribution in [0.4, 0.5) is 5.69 Å². The van der Waals surface area contributed by atoms with E-state index >= 15 is 0 Å². The summed E-state index contributed by atoms with van der Waals surface area (Å²) in [7, 11) is 0. The average molecular weight is 344 g/mol. The molecular formula is C17H16N2O4S. The van der Waals surface area contributed by atoms with Gasteiger partial charge >= 0.3 is 0 Å². The Labute approximate surface area is 143 Å². The van der Waals surface area contributed by atoms with Crippen LogP contribution >= 0.6 is 11.3 Å². The van der Waals surface area contributed by atoms with Gasteiger partial charge in [-0.2, -0.15) is 11.3 Å². The molecule has 0 radical (unpaired) electrons. The molecule has 1 atom stereocenters. The Kier molecular flexibility index (Phi) is 3.86. The highest BCUT2D eigenvalue weighted by molar-refractivity contribution is 7.08. The number of anilines is 1. The van der Waals surface area contributed by atoms with Crippen molar-refractivity contribution in [2.75, 3.05) is 18.2 Å². The maximum atomic E-state index is 12.3. The Bertz CT molecular complexity index is 775. The average Bonchev–Trinajstić information content (AvgIpc) is 3.27. The molecule has 1 saturated heterocycles. The summed E-state index contributed by atoms with van der Waals surface area (Å²) in [5.74, 6) is 1.27. The van der Waals surface area contributed by atoms with Gasteiger partial charge in [0.2, 0.25) is 18.6 Å². The maximum Gasteiger partial charge on any atom is 0.231 e. The molecule has 1 aromatic heterocycles. The van der Waals surface area contributed by atoms with E-state index in [1.54, 1.807) is 28.4 Å². The number of hydrogen-bond donors (Lipinski definition) is 1. The van der Waals surface area contributed by atoms with Crippen molar-refractivity contribution in [3.8, 4) is 11.5 Å². The van der Waals surface area contributed by atoms with Crippen molar-refractivity contribution in [1.29, 1.82) is 0 Å². The zero-order valence-corrected chi connectivity index (χ0v) is 13.7. The molecule has 2 aliphatic heterocycles. The van der Waals surface area contributed by atoms with E-state index in [1.165, 1.54) is 0 Å². The highest BCUT2D eigenvalue weighted by Gasteiger charge is 2.32. The Morgan fingerprint density at radius 3 is 3.00 bits per heavy atom. The monoisotopic (exact) mass is 344 g/mol. The Morgan fingerprint density at radius 1 is 1.29 bits per heavy atom. The summed E-state index contributed by atoms with van der Waals surface area (Å²) in [5, 5.41) is 6.85. The molecule has 0 aliphatic carbocycles. The number of thiophene rings is 1. The molecule has 1 unspecified atom stereocenters. The smallest absolute Gasteiger partial charge is 0.231 e. The molecule has 2 aromatic rings. The maximum absolute atomic E-state index is 12.3. The van der Waals surface area contributed by atoms with Crippen molar-refractivity contribution in [3.05, 3.63) is 40.6 Å². The van der Waals surface area contributed by atoms with Gasteiger partial charge in [-0.3, -0.25) is 9.59 Å². The Balaban J connectivity index is 1.40. The fourth-order valence-electron chi connectivity index (χ4n) is 2.96. The minimum absolute atomic E-state index is 0.00491.